The van der Waals surface area contributed by atoms with Gasteiger partial charge in [-0.1, -0.05) is 23.7 Å². The van der Waals surface area contributed by atoms with Crippen LogP contribution in [-0.2, 0) is 13.1 Å². The van der Waals surface area contributed by atoms with E-state index in [9.17, 15) is 0 Å². The van der Waals surface area contributed by atoms with Gasteiger partial charge in [-0.3, -0.25) is 0 Å². The van der Waals surface area contributed by atoms with Crippen molar-refractivity contribution in [2.24, 2.45) is 0 Å². The molecule has 2 aromatic rings. The van der Waals surface area contributed by atoms with Gasteiger partial charge in [0.25, 0.3) is 0 Å². The Balaban J connectivity index is 1.49. The van der Waals surface area contributed by atoms with Gasteiger partial charge in [0.15, 0.2) is 12.4 Å². The minimum absolute atomic E-state index is 0.844. The third-order valence-electron chi connectivity index (χ3n) is 4.23. The summed E-state index contributed by atoms with van der Waals surface area (Å²) in [6, 6.07) is 12.5. The number of halogens is 1. The number of aromatic nitrogens is 1. The van der Waals surface area contributed by atoms with E-state index >= 15 is 0 Å². The monoisotopic (exact) mass is 304 g/mol. The Morgan fingerprint density at radius 1 is 0.905 bits per heavy atom. The number of pyridine rings is 1. The Morgan fingerprint density at radius 3 is 2.19 bits per heavy atom. The van der Waals surface area contributed by atoms with E-state index in [1.165, 1.54) is 37.3 Å². The standard InChI is InChI=1S/C17H20ClN3/c18-17-5-1-3-15(11-17)13-20-7-9-21(10-8-20)14-16-4-2-6-19-12-16/h1-6,11-12H,7-10,13-14H2/p+3. The third kappa shape index (κ3) is 4.27. The number of nitrogens with one attached hydrogen (secondary N) is 3. The Hall–Kier alpha value is -1.42. The van der Waals surface area contributed by atoms with Crippen molar-refractivity contribution in [1.82, 2.24) is 0 Å². The molecular weight excluding hydrogens is 282 g/mol. The van der Waals surface area contributed by atoms with Crippen molar-refractivity contribution >= 4 is 11.6 Å². The molecule has 2 heterocycles. The van der Waals surface area contributed by atoms with Crippen LogP contribution in [0.4, 0.5) is 0 Å². The van der Waals surface area contributed by atoms with E-state index < -0.39 is 0 Å². The molecule has 21 heavy (non-hydrogen) atoms. The largest absolute Gasteiger partial charge is 0.322 e. The molecule has 1 fully saturated rings. The van der Waals surface area contributed by atoms with Crippen LogP contribution in [-0.4, -0.2) is 26.2 Å². The molecule has 0 atom stereocenters. The zero-order valence-electron chi connectivity index (χ0n) is 12.2. The SMILES string of the molecule is Clc1cccc(C[NH+]2CC[NH+](Cc3ccc[nH+]c3)CC2)c1. The van der Waals surface area contributed by atoms with Gasteiger partial charge in [-0.2, -0.15) is 0 Å². The van der Waals surface area contributed by atoms with Crippen LogP contribution in [0.15, 0.2) is 48.8 Å². The molecule has 0 radical (unpaired) electrons. The highest BCUT2D eigenvalue weighted by molar-refractivity contribution is 6.30. The van der Waals surface area contributed by atoms with Gasteiger partial charge in [0, 0.05) is 16.7 Å². The molecule has 1 aliphatic heterocycles. The molecule has 3 rings (SSSR count). The van der Waals surface area contributed by atoms with Gasteiger partial charge in [0.2, 0.25) is 0 Å². The summed E-state index contributed by atoms with van der Waals surface area (Å²) in [5.41, 5.74) is 2.74. The van der Waals surface area contributed by atoms with Crippen LogP contribution in [0.3, 0.4) is 0 Å². The summed E-state index contributed by atoms with van der Waals surface area (Å²) >= 11 is 6.06. The van der Waals surface area contributed by atoms with Gasteiger partial charge in [-0.05, 0) is 18.2 Å². The molecule has 1 aromatic heterocycles. The summed E-state index contributed by atoms with van der Waals surface area (Å²) in [6.07, 6.45) is 4.07. The third-order valence-corrected chi connectivity index (χ3v) is 4.47. The van der Waals surface area contributed by atoms with Gasteiger partial charge < -0.3 is 9.80 Å². The molecule has 4 heteroatoms. The van der Waals surface area contributed by atoms with Crippen LogP contribution < -0.4 is 14.8 Å². The van der Waals surface area contributed by atoms with Crippen molar-refractivity contribution in [2.45, 2.75) is 13.1 Å². The number of benzene rings is 1. The second kappa shape index (κ2) is 7.03. The Kier molecular flexibility index (Phi) is 4.86. The quantitative estimate of drug-likeness (QED) is 0.770. The van der Waals surface area contributed by atoms with Crippen molar-refractivity contribution in [1.29, 1.82) is 0 Å². The average Bonchev–Trinajstić information content (AvgIpc) is 2.50. The summed E-state index contributed by atoms with van der Waals surface area (Å²) in [5.74, 6) is 0. The van der Waals surface area contributed by atoms with Crippen molar-refractivity contribution in [2.75, 3.05) is 26.2 Å². The zero-order chi connectivity index (χ0) is 14.5. The van der Waals surface area contributed by atoms with E-state index in [1.807, 2.05) is 18.3 Å². The van der Waals surface area contributed by atoms with Crippen LogP contribution >= 0.6 is 11.6 Å². The van der Waals surface area contributed by atoms with Crippen LogP contribution in [0.25, 0.3) is 0 Å². The van der Waals surface area contributed by atoms with Crippen molar-refractivity contribution in [3.63, 3.8) is 0 Å². The summed E-state index contributed by atoms with van der Waals surface area (Å²) in [4.78, 5) is 6.52. The topological polar surface area (TPSA) is 23.0 Å². The summed E-state index contributed by atoms with van der Waals surface area (Å²) < 4.78 is 0. The van der Waals surface area contributed by atoms with Crippen LogP contribution in [0.1, 0.15) is 11.1 Å². The first-order valence-corrected chi connectivity index (χ1v) is 8.04. The minimum atomic E-state index is 0.844. The van der Waals surface area contributed by atoms with Gasteiger partial charge in [0.1, 0.15) is 39.3 Å². The lowest BCUT2D eigenvalue weighted by Crippen LogP contribution is -3.27. The molecule has 1 aliphatic rings. The molecule has 0 bridgehead atoms. The first-order chi connectivity index (χ1) is 10.3. The Labute approximate surface area is 131 Å². The molecule has 0 amide bonds. The molecule has 0 aliphatic carbocycles. The number of quaternary nitrogens is 2. The second-order valence-electron chi connectivity index (χ2n) is 5.90. The molecule has 110 valence electrons. The predicted octanol–water partition coefficient (Wildman–Crippen LogP) is -0.362. The van der Waals surface area contributed by atoms with E-state index in [-0.39, 0.29) is 0 Å². The lowest BCUT2D eigenvalue weighted by atomic mass is 10.2. The first-order valence-electron chi connectivity index (χ1n) is 7.66. The van der Waals surface area contributed by atoms with Gasteiger partial charge in [-0.25, -0.2) is 4.98 Å². The molecular formula is C17H23ClN3+3. The number of H-pyrrole nitrogens is 1. The fourth-order valence-corrected chi connectivity index (χ4v) is 3.29. The number of aromatic amines is 1. The minimum Gasteiger partial charge on any atom is -0.322 e. The van der Waals surface area contributed by atoms with Crippen molar-refractivity contribution in [3.05, 3.63) is 64.9 Å². The molecule has 0 unspecified atom stereocenters. The number of hydrogen-bond donors (Lipinski definition) is 2. The number of piperazine rings is 1. The van der Waals surface area contributed by atoms with Gasteiger partial charge >= 0.3 is 0 Å². The van der Waals surface area contributed by atoms with Crippen molar-refractivity contribution < 1.29 is 14.8 Å². The average molecular weight is 305 g/mol. The van der Waals surface area contributed by atoms with Crippen LogP contribution in [0.5, 0.6) is 0 Å². The van der Waals surface area contributed by atoms with E-state index in [1.54, 1.807) is 9.80 Å². The van der Waals surface area contributed by atoms with Gasteiger partial charge in [0.05, 0.1) is 5.56 Å². The summed E-state index contributed by atoms with van der Waals surface area (Å²) in [6.45, 7) is 7.17. The number of rotatable bonds is 4. The Bertz CT molecular complexity index is 565. The fraction of sp³-hybridized carbons (Fsp3) is 0.353. The summed E-state index contributed by atoms with van der Waals surface area (Å²) in [5, 5.41) is 0.844. The Morgan fingerprint density at radius 2 is 1.57 bits per heavy atom. The lowest BCUT2D eigenvalue weighted by molar-refractivity contribution is -1.02. The van der Waals surface area contributed by atoms with E-state index in [0.29, 0.717) is 0 Å². The number of hydrogen-bond acceptors (Lipinski definition) is 0. The normalized spacial score (nSPS) is 22.1. The second-order valence-corrected chi connectivity index (χ2v) is 6.33. The first kappa shape index (κ1) is 14.5. The molecule has 3 N–H and O–H groups in total. The molecule has 1 aromatic carbocycles. The van der Waals surface area contributed by atoms with Crippen LogP contribution in [0.2, 0.25) is 5.02 Å². The smallest absolute Gasteiger partial charge is 0.175 e. The molecule has 1 saturated heterocycles. The zero-order valence-corrected chi connectivity index (χ0v) is 13.0. The van der Waals surface area contributed by atoms with E-state index in [0.717, 1.165) is 18.1 Å². The summed E-state index contributed by atoms with van der Waals surface area (Å²) in [7, 11) is 0. The maximum atomic E-state index is 6.06. The highest BCUT2D eigenvalue weighted by atomic mass is 35.5. The van der Waals surface area contributed by atoms with Crippen LogP contribution in [0, 0.1) is 0 Å². The molecule has 3 nitrogen and oxygen atoms in total. The van der Waals surface area contributed by atoms with E-state index in [2.05, 4.69) is 35.4 Å². The lowest BCUT2D eigenvalue weighted by Gasteiger charge is -2.29. The fourth-order valence-electron chi connectivity index (χ4n) is 3.08. The highest BCUT2D eigenvalue weighted by Gasteiger charge is 2.23. The van der Waals surface area contributed by atoms with Crippen molar-refractivity contribution in [3.8, 4) is 0 Å². The molecule has 0 saturated carbocycles. The van der Waals surface area contributed by atoms with E-state index in [4.69, 9.17) is 11.6 Å². The highest BCUT2D eigenvalue weighted by Crippen LogP contribution is 2.09. The molecule has 0 spiro atoms. The predicted molar refractivity (Wildman–Crippen MR) is 83.3 cm³/mol. The van der Waals surface area contributed by atoms with Gasteiger partial charge in [-0.15, -0.1) is 0 Å². The maximum absolute atomic E-state index is 6.06. The maximum Gasteiger partial charge on any atom is 0.175 e.